The van der Waals surface area contributed by atoms with Crippen LogP contribution in [0.5, 0.6) is 11.5 Å². The van der Waals surface area contributed by atoms with Gasteiger partial charge in [0.15, 0.2) is 5.75 Å². The lowest BCUT2D eigenvalue weighted by Crippen LogP contribution is -2.18. The molecule has 0 atom stereocenters. The van der Waals surface area contributed by atoms with E-state index in [1.54, 1.807) is 18.2 Å². The summed E-state index contributed by atoms with van der Waals surface area (Å²) in [6.07, 6.45) is 1.47. The highest BCUT2D eigenvalue weighted by molar-refractivity contribution is 6.37. The maximum Gasteiger partial charge on any atom is 0.275 e. The first kappa shape index (κ1) is 24.6. The molecule has 0 unspecified atom stereocenters. The van der Waals surface area contributed by atoms with E-state index in [4.69, 9.17) is 32.7 Å². The van der Waals surface area contributed by atoms with Gasteiger partial charge in [0.2, 0.25) is 0 Å². The molecule has 184 valence electrons. The number of hydrogen-bond donors (Lipinski definition) is 1. The summed E-state index contributed by atoms with van der Waals surface area (Å²) in [6, 6.07) is 28.9. The number of nitrogens with zero attached hydrogens (tertiary/aromatic N) is 1. The number of carbonyl (C=O) groups is 1. The van der Waals surface area contributed by atoms with Crippen LogP contribution in [-0.2, 0) is 6.61 Å². The van der Waals surface area contributed by atoms with Crippen LogP contribution in [0.1, 0.15) is 21.5 Å². The molecule has 0 aliphatic carbocycles. The number of benzene rings is 5. The van der Waals surface area contributed by atoms with Crippen molar-refractivity contribution in [1.82, 2.24) is 5.43 Å². The molecule has 0 spiro atoms. The average Bonchev–Trinajstić information content (AvgIpc) is 2.91. The molecule has 0 radical (unpaired) electrons. The minimum Gasteiger partial charge on any atom is -0.496 e. The SMILES string of the molecule is COc1cc2ccccc2cc1C(=O)N/N=C\c1cc(Cl)c(OCc2cccc3ccccc23)c(Cl)c1. The summed E-state index contributed by atoms with van der Waals surface area (Å²) in [7, 11) is 1.53. The Bertz CT molecular complexity index is 1620. The molecule has 0 bridgehead atoms. The average molecular weight is 529 g/mol. The second-order valence-electron chi connectivity index (χ2n) is 8.34. The molecule has 0 fully saturated rings. The Morgan fingerprint density at radius 3 is 2.24 bits per heavy atom. The van der Waals surface area contributed by atoms with Crippen LogP contribution < -0.4 is 14.9 Å². The molecule has 7 heteroatoms. The summed E-state index contributed by atoms with van der Waals surface area (Å²) in [5.74, 6) is 0.453. The molecule has 1 N–H and O–H groups in total. The van der Waals surface area contributed by atoms with E-state index in [9.17, 15) is 4.79 Å². The van der Waals surface area contributed by atoms with Gasteiger partial charge in [-0.15, -0.1) is 0 Å². The molecule has 0 saturated carbocycles. The van der Waals surface area contributed by atoms with Crippen molar-refractivity contribution in [3.05, 3.63) is 118 Å². The first-order chi connectivity index (χ1) is 18.0. The molecule has 5 aromatic carbocycles. The Morgan fingerprint density at radius 2 is 1.51 bits per heavy atom. The van der Waals surface area contributed by atoms with Crippen molar-refractivity contribution in [2.24, 2.45) is 5.10 Å². The van der Waals surface area contributed by atoms with Crippen LogP contribution in [0.25, 0.3) is 21.5 Å². The lowest BCUT2D eigenvalue weighted by Gasteiger charge is -2.12. The number of methoxy groups -OCH3 is 1. The van der Waals surface area contributed by atoms with Crippen molar-refractivity contribution >= 4 is 56.9 Å². The predicted molar refractivity (Wildman–Crippen MR) is 150 cm³/mol. The van der Waals surface area contributed by atoms with Crippen molar-refractivity contribution in [1.29, 1.82) is 0 Å². The van der Waals surface area contributed by atoms with E-state index < -0.39 is 5.91 Å². The zero-order valence-corrected chi connectivity index (χ0v) is 21.4. The molecule has 1 amide bonds. The fourth-order valence-electron chi connectivity index (χ4n) is 4.15. The minimum atomic E-state index is -0.397. The van der Waals surface area contributed by atoms with Gasteiger partial charge in [0.25, 0.3) is 5.91 Å². The highest BCUT2D eigenvalue weighted by Gasteiger charge is 2.14. The maximum atomic E-state index is 12.8. The van der Waals surface area contributed by atoms with Crippen LogP contribution >= 0.6 is 23.2 Å². The lowest BCUT2D eigenvalue weighted by atomic mass is 10.1. The number of hydrazone groups is 1. The van der Waals surface area contributed by atoms with Gasteiger partial charge >= 0.3 is 0 Å². The number of hydrogen-bond acceptors (Lipinski definition) is 4. The Hall–Kier alpha value is -4.06. The number of rotatable bonds is 7. The largest absolute Gasteiger partial charge is 0.496 e. The van der Waals surface area contributed by atoms with Crippen molar-refractivity contribution in [3.8, 4) is 11.5 Å². The summed E-state index contributed by atoms with van der Waals surface area (Å²) in [6.45, 7) is 0.317. The van der Waals surface area contributed by atoms with Crippen LogP contribution in [0.4, 0.5) is 0 Å². The quantitative estimate of drug-likeness (QED) is 0.174. The zero-order valence-electron chi connectivity index (χ0n) is 19.9. The van der Waals surface area contributed by atoms with Gasteiger partial charge in [-0.25, -0.2) is 5.43 Å². The number of halogens is 2. The fraction of sp³-hybridized carbons (Fsp3) is 0.0667. The second-order valence-corrected chi connectivity index (χ2v) is 9.15. The molecule has 0 saturated heterocycles. The van der Waals surface area contributed by atoms with E-state index in [-0.39, 0.29) is 0 Å². The molecule has 0 heterocycles. The van der Waals surface area contributed by atoms with Gasteiger partial charge < -0.3 is 9.47 Å². The van der Waals surface area contributed by atoms with Crippen LogP contribution in [0.15, 0.2) is 96.1 Å². The van der Waals surface area contributed by atoms with Crippen LogP contribution in [-0.4, -0.2) is 19.2 Å². The molecular formula is C30H22Cl2N2O3. The molecule has 37 heavy (non-hydrogen) atoms. The topological polar surface area (TPSA) is 59.9 Å². The van der Waals surface area contributed by atoms with Crippen molar-refractivity contribution < 1.29 is 14.3 Å². The monoisotopic (exact) mass is 528 g/mol. The molecular weight excluding hydrogens is 507 g/mol. The van der Waals surface area contributed by atoms with E-state index in [1.807, 2.05) is 54.6 Å². The fourth-order valence-corrected chi connectivity index (χ4v) is 4.76. The second kappa shape index (κ2) is 10.9. The molecule has 5 aromatic rings. The van der Waals surface area contributed by atoms with E-state index in [1.165, 1.54) is 13.3 Å². The molecule has 5 rings (SSSR count). The van der Waals surface area contributed by atoms with Gasteiger partial charge in [0.05, 0.1) is 28.9 Å². The van der Waals surface area contributed by atoms with Crippen LogP contribution in [0.3, 0.4) is 0 Å². The number of amides is 1. The van der Waals surface area contributed by atoms with Gasteiger partial charge in [-0.3, -0.25) is 4.79 Å². The molecule has 0 aliphatic rings. The summed E-state index contributed by atoms with van der Waals surface area (Å²) >= 11 is 13.0. The summed E-state index contributed by atoms with van der Waals surface area (Å²) in [5, 5.41) is 8.91. The smallest absolute Gasteiger partial charge is 0.275 e. The standard InChI is InChI=1S/C30H22Cl2N2O3/c1-36-28-16-22-9-3-2-8-21(22)15-25(28)30(35)34-33-17-19-13-26(31)29(27(32)14-19)37-18-23-11-6-10-20-7-4-5-12-24(20)23/h2-17H,18H2,1H3,(H,34,35)/b33-17-. The maximum absolute atomic E-state index is 12.8. The van der Waals surface area contributed by atoms with Gasteiger partial charge in [0, 0.05) is 0 Å². The third-order valence-electron chi connectivity index (χ3n) is 5.96. The number of fused-ring (bicyclic) bond motifs is 2. The summed E-state index contributed by atoms with van der Waals surface area (Å²) in [4.78, 5) is 12.8. The summed E-state index contributed by atoms with van der Waals surface area (Å²) in [5.41, 5.74) is 4.56. The van der Waals surface area contributed by atoms with E-state index in [0.29, 0.717) is 39.3 Å². The third-order valence-corrected chi connectivity index (χ3v) is 6.53. The Kier molecular flexibility index (Phi) is 7.26. The van der Waals surface area contributed by atoms with Crippen molar-refractivity contribution in [2.75, 3.05) is 7.11 Å². The Morgan fingerprint density at radius 1 is 0.865 bits per heavy atom. The number of carbonyl (C=O) groups excluding carboxylic acids is 1. The van der Waals surface area contributed by atoms with Crippen LogP contribution in [0, 0.1) is 0 Å². The Balaban J connectivity index is 1.29. The molecule has 0 aliphatic heterocycles. The first-order valence-electron chi connectivity index (χ1n) is 11.5. The van der Waals surface area contributed by atoms with E-state index in [2.05, 4.69) is 28.7 Å². The normalized spacial score (nSPS) is 11.2. The molecule has 5 nitrogen and oxygen atoms in total. The highest BCUT2D eigenvalue weighted by Crippen LogP contribution is 2.35. The van der Waals surface area contributed by atoms with Gasteiger partial charge in [-0.05, 0) is 56.9 Å². The third kappa shape index (κ3) is 5.38. The van der Waals surface area contributed by atoms with E-state index in [0.717, 1.165) is 27.1 Å². The van der Waals surface area contributed by atoms with Crippen LogP contribution in [0.2, 0.25) is 10.0 Å². The van der Waals surface area contributed by atoms with Crippen molar-refractivity contribution in [2.45, 2.75) is 6.61 Å². The van der Waals surface area contributed by atoms with Gasteiger partial charge in [-0.1, -0.05) is 89.9 Å². The molecule has 0 aromatic heterocycles. The zero-order chi connectivity index (χ0) is 25.8. The van der Waals surface area contributed by atoms with E-state index >= 15 is 0 Å². The van der Waals surface area contributed by atoms with Gasteiger partial charge in [-0.2, -0.15) is 5.10 Å². The number of nitrogens with one attached hydrogen (secondary N) is 1. The lowest BCUT2D eigenvalue weighted by molar-refractivity contribution is 0.0952. The van der Waals surface area contributed by atoms with Crippen molar-refractivity contribution in [3.63, 3.8) is 0 Å². The first-order valence-corrected chi connectivity index (χ1v) is 12.3. The predicted octanol–water partition coefficient (Wildman–Crippen LogP) is 7.65. The summed E-state index contributed by atoms with van der Waals surface area (Å²) < 4.78 is 11.4. The minimum absolute atomic E-state index is 0.317. The van der Waals surface area contributed by atoms with Gasteiger partial charge in [0.1, 0.15) is 12.4 Å². The Labute approximate surface area is 224 Å². The number of ether oxygens (including phenoxy) is 2. The highest BCUT2D eigenvalue weighted by atomic mass is 35.5.